The third-order valence-corrected chi connectivity index (χ3v) is 6.75. The first kappa shape index (κ1) is 17.1. The molecule has 0 radical (unpaired) electrons. The number of hydrogen-bond donors (Lipinski definition) is 0. The van der Waals surface area contributed by atoms with Crippen LogP contribution in [0, 0.1) is 5.92 Å². The molecule has 2 saturated heterocycles. The normalized spacial score (nSPS) is 21.6. The van der Waals surface area contributed by atoms with Crippen LogP contribution in [-0.4, -0.2) is 52.0 Å². The Kier molecular flexibility index (Phi) is 5.44. The highest BCUT2D eigenvalue weighted by molar-refractivity contribution is 7.13. The Morgan fingerprint density at radius 1 is 1.12 bits per heavy atom. The SMILES string of the molecule is C[C@@H](C1CCN(Cc2cnc(-c3cccs3)nc2)CC1)N1CCCC1. The quantitative estimate of drug-likeness (QED) is 0.813. The summed E-state index contributed by atoms with van der Waals surface area (Å²) in [6.45, 7) is 8.47. The summed E-state index contributed by atoms with van der Waals surface area (Å²) in [5.74, 6) is 1.71. The van der Waals surface area contributed by atoms with E-state index in [2.05, 4.69) is 38.1 Å². The second kappa shape index (κ2) is 7.94. The maximum Gasteiger partial charge on any atom is 0.169 e. The molecule has 2 fully saturated rings. The number of thiophene rings is 1. The van der Waals surface area contributed by atoms with E-state index in [-0.39, 0.29) is 0 Å². The van der Waals surface area contributed by atoms with Crippen molar-refractivity contribution in [2.75, 3.05) is 26.2 Å². The van der Waals surface area contributed by atoms with Crippen molar-refractivity contribution in [2.24, 2.45) is 5.92 Å². The zero-order valence-corrected chi connectivity index (χ0v) is 15.9. The maximum atomic E-state index is 4.55. The van der Waals surface area contributed by atoms with Gasteiger partial charge in [0, 0.05) is 30.5 Å². The summed E-state index contributed by atoms with van der Waals surface area (Å²) in [4.78, 5) is 15.5. The predicted molar refractivity (Wildman–Crippen MR) is 104 cm³/mol. The zero-order valence-electron chi connectivity index (χ0n) is 15.1. The molecular formula is C20H28N4S. The number of aromatic nitrogens is 2. The summed E-state index contributed by atoms with van der Waals surface area (Å²) in [5, 5.41) is 2.07. The summed E-state index contributed by atoms with van der Waals surface area (Å²) in [6, 6.07) is 4.88. The molecule has 134 valence electrons. The van der Waals surface area contributed by atoms with E-state index in [0.717, 1.165) is 29.2 Å². The lowest BCUT2D eigenvalue weighted by molar-refractivity contribution is 0.108. The second-order valence-corrected chi connectivity index (χ2v) is 8.44. The van der Waals surface area contributed by atoms with Gasteiger partial charge in [-0.05, 0) is 76.2 Å². The molecule has 2 aliphatic rings. The zero-order chi connectivity index (χ0) is 17.1. The van der Waals surface area contributed by atoms with Crippen molar-refractivity contribution in [3.63, 3.8) is 0 Å². The summed E-state index contributed by atoms with van der Waals surface area (Å²) in [5.41, 5.74) is 1.23. The second-order valence-electron chi connectivity index (χ2n) is 7.49. The number of likely N-dealkylation sites (tertiary alicyclic amines) is 2. The lowest BCUT2D eigenvalue weighted by Gasteiger charge is -2.38. The van der Waals surface area contributed by atoms with Crippen LogP contribution in [0.15, 0.2) is 29.9 Å². The van der Waals surface area contributed by atoms with Gasteiger partial charge in [-0.15, -0.1) is 11.3 Å². The van der Waals surface area contributed by atoms with Crippen LogP contribution in [0.2, 0.25) is 0 Å². The van der Waals surface area contributed by atoms with Crippen molar-refractivity contribution in [3.8, 4) is 10.7 Å². The van der Waals surface area contributed by atoms with Crippen LogP contribution in [0.5, 0.6) is 0 Å². The van der Waals surface area contributed by atoms with Crippen molar-refractivity contribution >= 4 is 11.3 Å². The molecule has 5 heteroatoms. The average Bonchev–Trinajstić information content (AvgIpc) is 3.36. The van der Waals surface area contributed by atoms with Gasteiger partial charge in [-0.3, -0.25) is 4.90 Å². The van der Waals surface area contributed by atoms with Crippen molar-refractivity contribution in [1.29, 1.82) is 0 Å². The van der Waals surface area contributed by atoms with E-state index in [0.29, 0.717) is 0 Å². The van der Waals surface area contributed by atoms with Crippen LogP contribution in [-0.2, 0) is 6.54 Å². The molecule has 2 aliphatic heterocycles. The van der Waals surface area contributed by atoms with Gasteiger partial charge < -0.3 is 4.90 Å². The highest BCUT2D eigenvalue weighted by Crippen LogP contribution is 2.27. The first-order valence-electron chi connectivity index (χ1n) is 9.61. The standard InChI is InChI=1S/C20H28N4S/c1-16(24-8-2-3-9-24)18-6-10-23(11-7-18)15-17-13-21-20(22-14-17)19-5-4-12-25-19/h4-5,12-14,16,18H,2-3,6-11,15H2,1H3/t16-/m0/s1. The topological polar surface area (TPSA) is 32.3 Å². The molecular weight excluding hydrogens is 328 g/mol. The molecule has 4 heterocycles. The van der Waals surface area contributed by atoms with E-state index in [1.807, 2.05) is 18.5 Å². The Bertz CT molecular complexity index is 641. The molecule has 4 nitrogen and oxygen atoms in total. The minimum absolute atomic E-state index is 0.762. The summed E-state index contributed by atoms with van der Waals surface area (Å²) in [7, 11) is 0. The fourth-order valence-corrected chi connectivity index (χ4v) is 4.94. The molecule has 0 spiro atoms. The Balaban J connectivity index is 1.28. The molecule has 0 N–H and O–H groups in total. The molecule has 2 aromatic rings. The van der Waals surface area contributed by atoms with E-state index < -0.39 is 0 Å². The monoisotopic (exact) mass is 356 g/mol. The van der Waals surface area contributed by atoms with E-state index in [9.17, 15) is 0 Å². The predicted octanol–water partition coefficient (Wildman–Crippen LogP) is 3.90. The highest BCUT2D eigenvalue weighted by Gasteiger charge is 2.28. The minimum Gasteiger partial charge on any atom is -0.300 e. The van der Waals surface area contributed by atoms with Gasteiger partial charge in [0.1, 0.15) is 0 Å². The van der Waals surface area contributed by atoms with Crippen LogP contribution < -0.4 is 0 Å². The van der Waals surface area contributed by atoms with Crippen molar-refractivity contribution < 1.29 is 0 Å². The van der Waals surface area contributed by atoms with Crippen LogP contribution in [0.4, 0.5) is 0 Å². The minimum atomic E-state index is 0.762. The Labute approximate surface area is 154 Å². The van der Waals surface area contributed by atoms with Crippen LogP contribution in [0.1, 0.15) is 38.2 Å². The van der Waals surface area contributed by atoms with Crippen molar-refractivity contribution in [2.45, 2.75) is 45.2 Å². The Hall–Kier alpha value is -1.30. The maximum absolute atomic E-state index is 4.55. The molecule has 0 aliphatic carbocycles. The lowest BCUT2D eigenvalue weighted by atomic mass is 9.89. The Morgan fingerprint density at radius 2 is 1.84 bits per heavy atom. The van der Waals surface area contributed by atoms with E-state index in [1.54, 1.807) is 11.3 Å². The molecule has 2 aromatic heterocycles. The first-order chi connectivity index (χ1) is 12.3. The van der Waals surface area contributed by atoms with Crippen molar-refractivity contribution in [1.82, 2.24) is 19.8 Å². The highest BCUT2D eigenvalue weighted by atomic mass is 32.1. The van der Waals surface area contributed by atoms with Crippen LogP contribution >= 0.6 is 11.3 Å². The molecule has 4 rings (SSSR count). The van der Waals surface area contributed by atoms with Gasteiger partial charge in [0.15, 0.2) is 5.82 Å². The fourth-order valence-electron chi connectivity index (χ4n) is 4.27. The molecule has 1 atom stereocenters. The van der Waals surface area contributed by atoms with Gasteiger partial charge in [-0.2, -0.15) is 0 Å². The molecule has 0 bridgehead atoms. The smallest absolute Gasteiger partial charge is 0.169 e. The average molecular weight is 357 g/mol. The number of rotatable bonds is 5. The van der Waals surface area contributed by atoms with E-state index >= 15 is 0 Å². The van der Waals surface area contributed by atoms with Gasteiger partial charge in [0.25, 0.3) is 0 Å². The summed E-state index contributed by atoms with van der Waals surface area (Å²) in [6.07, 6.45) is 9.44. The third-order valence-electron chi connectivity index (χ3n) is 5.88. The molecule has 0 saturated carbocycles. The molecule has 25 heavy (non-hydrogen) atoms. The largest absolute Gasteiger partial charge is 0.300 e. The summed E-state index contributed by atoms with van der Waals surface area (Å²) < 4.78 is 0. The van der Waals surface area contributed by atoms with Gasteiger partial charge >= 0.3 is 0 Å². The lowest BCUT2D eigenvalue weighted by Crippen LogP contribution is -2.42. The number of hydrogen-bond acceptors (Lipinski definition) is 5. The van der Waals surface area contributed by atoms with Crippen LogP contribution in [0.25, 0.3) is 10.7 Å². The number of nitrogens with zero attached hydrogens (tertiary/aromatic N) is 4. The van der Waals surface area contributed by atoms with Gasteiger partial charge in [0.05, 0.1) is 4.88 Å². The van der Waals surface area contributed by atoms with Crippen LogP contribution in [0.3, 0.4) is 0 Å². The number of piperidine rings is 1. The molecule has 0 amide bonds. The first-order valence-corrected chi connectivity index (χ1v) is 10.5. The van der Waals surface area contributed by atoms with Gasteiger partial charge in [-0.1, -0.05) is 6.07 Å². The molecule has 0 aromatic carbocycles. The Morgan fingerprint density at radius 3 is 2.48 bits per heavy atom. The molecule has 0 unspecified atom stereocenters. The summed E-state index contributed by atoms with van der Waals surface area (Å²) >= 11 is 1.69. The van der Waals surface area contributed by atoms with E-state index in [1.165, 1.54) is 57.4 Å². The van der Waals surface area contributed by atoms with Crippen molar-refractivity contribution in [3.05, 3.63) is 35.5 Å². The fraction of sp³-hybridized carbons (Fsp3) is 0.600. The van der Waals surface area contributed by atoms with Gasteiger partial charge in [0.2, 0.25) is 0 Å². The van der Waals surface area contributed by atoms with Gasteiger partial charge in [-0.25, -0.2) is 9.97 Å². The third kappa shape index (κ3) is 4.10. The van der Waals surface area contributed by atoms with E-state index in [4.69, 9.17) is 0 Å².